The van der Waals surface area contributed by atoms with Gasteiger partial charge < -0.3 is 4.42 Å². The Bertz CT molecular complexity index is 245. The van der Waals surface area contributed by atoms with E-state index in [1.165, 1.54) is 0 Å². The first-order chi connectivity index (χ1) is 5.88. The van der Waals surface area contributed by atoms with Gasteiger partial charge in [-0.2, -0.15) is 0 Å². The molecule has 0 aliphatic carbocycles. The summed E-state index contributed by atoms with van der Waals surface area (Å²) in [7, 11) is 0. The van der Waals surface area contributed by atoms with Crippen LogP contribution in [0.1, 0.15) is 25.1 Å². The van der Waals surface area contributed by atoms with Crippen LogP contribution < -0.4 is 5.32 Å². The van der Waals surface area contributed by atoms with E-state index < -0.39 is 0 Å². The van der Waals surface area contributed by atoms with Crippen LogP contribution in [0.15, 0.2) is 22.8 Å². The van der Waals surface area contributed by atoms with Crippen molar-refractivity contribution in [3.63, 3.8) is 0 Å². The second-order valence-corrected chi connectivity index (χ2v) is 2.56. The highest BCUT2D eigenvalue weighted by Gasteiger charge is 2.09. The first-order valence-corrected chi connectivity index (χ1v) is 4.08. The highest BCUT2D eigenvalue weighted by molar-refractivity contribution is 5.05. The molecule has 0 aliphatic heterocycles. The third kappa shape index (κ3) is 2.14. The fraction of sp³-hybridized carbons (Fsp3) is 0.400. The minimum atomic E-state index is 0.246. The Kier molecular flexibility index (Phi) is 3.43. The third-order valence-electron chi connectivity index (χ3n) is 1.75. The molecule has 0 amide bonds. The van der Waals surface area contributed by atoms with Crippen LogP contribution in [0.25, 0.3) is 0 Å². The molecule has 0 aliphatic rings. The van der Waals surface area contributed by atoms with Crippen LogP contribution >= 0.6 is 0 Å². The van der Waals surface area contributed by atoms with Crippen molar-refractivity contribution in [2.45, 2.75) is 19.4 Å². The maximum Gasteiger partial charge on any atom is 0.120 e. The van der Waals surface area contributed by atoms with Crippen LogP contribution in [-0.2, 0) is 0 Å². The van der Waals surface area contributed by atoms with E-state index in [0.29, 0.717) is 6.54 Å². The average Bonchev–Trinajstić information content (AvgIpc) is 2.59. The zero-order valence-corrected chi connectivity index (χ0v) is 7.21. The lowest BCUT2D eigenvalue weighted by atomic mass is 10.2. The Labute approximate surface area is 73.0 Å². The second kappa shape index (κ2) is 4.63. The first-order valence-electron chi connectivity index (χ1n) is 4.08. The van der Waals surface area contributed by atoms with Crippen LogP contribution in [0.5, 0.6) is 0 Å². The number of furan rings is 1. The van der Waals surface area contributed by atoms with Gasteiger partial charge in [-0.25, -0.2) is 0 Å². The molecule has 1 unspecified atom stereocenters. The summed E-state index contributed by atoms with van der Waals surface area (Å²) in [6, 6.07) is 4.09. The minimum Gasteiger partial charge on any atom is -0.468 e. The maximum atomic E-state index is 5.25. The number of terminal acetylenes is 1. The zero-order valence-electron chi connectivity index (χ0n) is 7.21. The van der Waals surface area contributed by atoms with Gasteiger partial charge in [-0.1, -0.05) is 12.8 Å². The molecular weight excluding hydrogens is 150 g/mol. The van der Waals surface area contributed by atoms with Crippen LogP contribution in [0.4, 0.5) is 0 Å². The Balaban J connectivity index is 2.52. The Morgan fingerprint density at radius 2 is 2.58 bits per heavy atom. The molecule has 2 nitrogen and oxygen atoms in total. The highest BCUT2D eigenvalue weighted by atomic mass is 16.3. The Morgan fingerprint density at radius 1 is 1.75 bits per heavy atom. The van der Waals surface area contributed by atoms with Gasteiger partial charge in [-0.15, -0.1) is 6.42 Å². The van der Waals surface area contributed by atoms with Crippen molar-refractivity contribution in [3.8, 4) is 12.3 Å². The van der Waals surface area contributed by atoms with Crippen molar-refractivity contribution in [1.29, 1.82) is 0 Å². The number of hydrogen-bond acceptors (Lipinski definition) is 2. The van der Waals surface area contributed by atoms with Crippen molar-refractivity contribution in [2.75, 3.05) is 6.54 Å². The third-order valence-corrected chi connectivity index (χ3v) is 1.75. The molecular formula is C10H13NO. The topological polar surface area (TPSA) is 25.2 Å². The zero-order chi connectivity index (χ0) is 8.81. The molecule has 0 saturated carbocycles. The van der Waals surface area contributed by atoms with E-state index in [1.807, 2.05) is 12.1 Å². The standard InChI is InChI=1S/C10H13NO/c1-3-7-11-9(4-2)10-6-5-8-12-10/h1,5-6,8-9,11H,4,7H2,2H3. The van der Waals surface area contributed by atoms with E-state index >= 15 is 0 Å². The van der Waals surface area contributed by atoms with Gasteiger partial charge in [0.05, 0.1) is 18.8 Å². The SMILES string of the molecule is C#CCNC(CC)c1ccco1. The van der Waals surface area contributed by atoms with Crippen LogP contribution in [-0.4, -0.2) is 6.54 Å². The Hall–Kier alpha value is -1.20. The van der Waals surface area contributed by atoms with Gasteiger partial charge in [-0.3, -0.25) is 5.32 Å². The number of nitrogens with one attached hydrogen (secondary N) is 1. The summed E-state index contributed by atoms with van der Waals surface area (Å²) in [6.45, 7) is 2.68. The molecule has 1 aromatic rings. The van der Waals surface area contributed by atoms with E-state index in [1.54, 1.807) is 6.26 Å². The number of hydrogen-bond donors (Lipinski definition) is 1. The number of rotatable bonds is 4. The van der Waals surface area contributed by atoms with E-state index in [9.17, 15) is 0 Å². The molecule has 12 heavy (non-hydrogen) atoms. The monoisotopic (exact) mass is 163 g/mol. The van der Waals surface area contributed by atoms with Gasteiger partial charge in [0.25, 0.3) is 0 Å². The quantitative estimate of drug-likeness (QED) is 0.686. The van der Waals surface area contributed by atoms with Gasteiger partial charge in [0.15, 0.2) is 0 Å². The molecule has 0 fully saturated rings. The van der Waals surface area contributed by atoms with Crippen LogP contribution in [0.2, 0.25) is 0 Å². The largest absolute Gasteiger partial charge is 0.468 e. The molecule has 1 aromatic heterocycles. The van der Waals surface area contributed by atoms with E-state index in [-0.39, 0.29) is 6.04 Å². The lowest BCUT2D eigenvalue weighted by Crippen LogP contribution is -2.20. The smallest absolute Gasteiger partial charge is 0.120 e. The molecule has 1 heterocycles. The summed E-state index contributed by atoms with van der Waals surface area (Å²) in [4.78, 5) is 0. The molecule has 64 valence electrons. The van der Waals surface area contributed by atoms with Gasteiger partial charge in [-0.05, 0) is 18.6 Å². The molecule has 0 radical (unpaired) electrons. The van der Waals surface area contributed by atoms with Gasteiger partial charge in [0.1, 0.15) is 5.76 Å². The second-order valence-electron chi connectivity index (χ2n) is 2.56. The fourth-order valence-corrected chi connectivity index (χ4v) is 1.12. The average molecular weight is 163 g/mol. The fourth-order valence-electron chi connectivity index (χ4n) is 1.12. The van der Waals surface area contributed by atoms with Crippen molar-refractivity contribution < 1.29 is 4.42 Å². The molecule has 0 aromatic carbocycles. The first kappa shape index (κ1) is 8.89. The predicted molar refractivity (Wildman–Crippen MR) is 48.6 cm³/mol. The lowest BCUT2D eigenvalue weighted by molar-refractivity contribution is 0.417. The summed E-state index contributed by atoms with van der Waals surface area (Å²) >= 11 is 0. The molecule has 2 heteroatoms. The summed E-state index contributed by atoms with van der Waals surface area (Å²) in [5.41, 5.74) is 0. The summed E-state index contributed by atoms with van der Waals surface area (Å²) in [5.74, 6) is 3.49. The lowest BCUT2D eigenvalue weighted by Gasteiger charge is -2.11. The normalized spacial score (nSPS) is 12.3. The highest BCUT2D eigenvalue weighted by Crippen LogP contribution is 2.15. The molecule has 0 saturated heterocycles. The van der Waals surface area contributed by atoms with Gasteiger partial charge in [0, 0.05) is 0 Å². The Morgan fingerprint density at radius 3 is 3.08 bits per heavy atom. The van der Waals surface area contributed by atoms with Crippen molar-refractivity contribution >= 4 is 0 Å². The van der Waals surface area contributed by atoms with Crippen molar-refractivity contribution in [3.05, 3.63) is 24.2 Å². The summed E-state index contributed by atoms with van der Waals surface area (Å²) in [6.07, 6.45) is 7.80. The summed E-state index contributed by atoms with van der Waals surface area (Å²) in [5, 5.41) is 3.19. The van der Waals surface area contributed by atoms with Crippen molar-refractivity contribution in [2.24, 2.45) is 0 Å². The minimum absolute atomic E-state index is 0.246. The molecule has 0 bridgehead atoms. The van der Waals surface area contributed by atoms with E-state index in [0.717, 1.165) is 12.2 Å². The van der Waals surface area contributed by atoms with Gasteiger partial charge in [0.2, 0.25) is 0 Å². The maximum absolute atomic E-state index is 5.25. The molecule has 0 spiro atoms. The van der Waals surface area contributed by atoms with Crippen LogP contribution in [0.3, 0.4) is 0 Å². The van der Waals surface area contributed by atoms with E-state index in [2.05, 4.69) is 18.2 Å². The van der Waals surface area contributed by atoms with Gasteiger partial charge >= 0.3 is 0 Å². The molecule has 1 atom stereocenters. The molecule has 1 rings (SSSR count). The van der Waals surface area contributed by atoms with E-state index in [4.69, 9.17) is 10.8 Å². The van der Waals surface area contributed by atoms with Crippen LogP contribution in [0, 0.1) is 12.3 Å². The molecule has 1 N–H and O–H groups in total. The van der Waals surface area contributed by atoms with Crippen molar-refractivity contribution in [1.82, 2.24) is 5.32 Å². The predicted octanol–water partition coefficient (Wildman–Crippen LogP) is 1.95. The summed E-state index contributed by atoms with van der Waals surface area (Å²) < 4.78 is 5.25.